The van der Waals surface area contributed by atoms with Gasteiger partial charge in [0.2, 0.25) is 0 Å². The molecule has 28 heavy (non-hydrogen) atoms. The zero-order valence-electron chi connectivity index (χ0n) is 16.2. The highest BCUT2D eigenvalue weighted by molar-refractivity contribution is 7.12. The number of benzene rings is 1. The molecule has 0 bridgehead atoms. The highest BCUT2D eigenvalue weighted by Crippen LogP contribution is 2.40. The molecular formula is C23H25NO3S. The maximum Gasteiger partial charge on any atom is 0.307 e. The fourth-order valence-corrected chi connectivity index (χ4v) is 5.04. The highest BCUT2D eigenvalue weighted by atomic mass is 32.1. The molecule has 146 valence electrons. The van der Waals surface area contributed by atoms with Crippen LogP contribution in [0.4, 0.5) is 0 Å². The Hall–Kier alpha value is -2.24. The molecule has 0 saturated carbocycles. The first-order valence-corrected chi connectivity index (χ1v) is 10.8. The lowest BCUT2D eigenvalue weighted by Gasteiger charge is -2.30. The fourth-order valence-electron chi connectivity index (χ4n) is 4.20. The van der Waals surface area contributed by atoms with Crippen LogP contribution in [0.5, 0.6) is 0 Å². The van der Waals surface area contributed by atoms with Crippen molar-refractivity contribution in [2.75, 3.05) is 26.2 Å². The first kappa shape index (κ1) is 19.1. The van der Waals surface area contributed by atoms with Gasteiger partial charge in [-0.05, 0) is 47.9 Å². The summed E-state index contributed by atoms with van der Waals surface area (Å²) in [5, 5.41) is 2.03. The number of piperidine rings is 1. The summed E-state index contributed by atoms with van der Waals surface area (Å²) >= 11 is 1.56. The molecule has 0 amide bonds. The van der Waals surface area contributed by atoms with Crippen LogP contribution in [-0.2, 0) is 16.0 Å². The fraction of sp³-hybridized carbons (Fsp3) is 0.391. The second-order valence-electron chi connectivity index (χ2n) is 7.30. The van der Waals surface area contributed by atoms with E-state index in [0.29, 0.717) is 19.4 Å². The number of hydrogen-bond donors (Lipinski definition) is 0. The van der Waals surface area contributed by atoms with Gasteiger partial charge < -0.3 is 9.64 Å². The Morgan fingerprint density at radius 1 is 1.14 bits per heavy atom. The Balaban J connectivity index is 1.59. The predicted molar refractivity (Wildman–Crippen MR) is 112 cm³/mol. The number of carbonyl (C=O) groups is 2. The summed E-state index contributed by atoms with van der Waals surface area (Å²) in [7, 11) is 0. The average molecular weight is 396 g/mol. The number of likely N-dealkylation sites (tertiary alicyclic amines) is 1. The molecule has 2 aliphatic rings. The molecule has 4 rings (SSSR count). The third kappa shape index (κ3) is 3.82. The number of nitrogens with zero attached hydrogens (tertiary/aromatic N) is 1. The maximum atomic E-state index is 12.7. The van der Waals surface area contributed by atoms with E-state index in [9.17, 15) is 9.59 Å². The molecule has 2 aromatic rings. The minimum absolute atomic E-state index is 0.120. The Bertz CT molecular complexity index is 917. The largest absolute Gasteiger partial charge is 0.466 e. The molecule has 1 aromatic heterocycles. The number of fused-ring (bicyclic) bond motifs is 2. The van der Waals surface area contributed by atoms with Crippen LogP contribution in [0.15, 0.2) is 41.3 Å². The van der Waals surface area contributed by atoms with E-state index in [1.807, 2.05) is 18.4 Å². The SMILES string of the molecule is CCOC(=O)CCN1CCC(=C2c3ccccc3CC(=O)c3sccc32)CC1. The smallest absolute Gasteiger partial charge is 0.307 e. The maximum absolute atomic E-state index is 12.7. The van der Waals surface area contributed by atoms with Crippen molar-refractivity contribution in [2.45, 2.75) is 32.6 Å². The van der Waals surface area contributed by atoms with Crippen molar-refractivity contribution in [1.29, 1.82) is 0 Å². The van der Waals surface area contributed by atoms with E-state index < -0.39 is 0 Å². The van der Waals surface area contributed by atoms with Crippen molar-refractivity contribution >= 4 is 28.7 Å². The normalized spacial score (nSPS) is 17.1. The van der Waals surface area contributed by atoms with Crippen LogP contribution in [0.3, 0.4) is 0 Å². The van der Waals surface area contributed by atoms with Gasteiger partial charge in [-0.25, -0.2) is 0 Å². The molecule has 0 radical (unpaired) electrons. The molecule has 0 N–H and O–H groups in total. The summed E-state index contributed by atoms with van der Waals surface area (Å²) in [6, 6.07) is 10.4. The molecule has 5 heteroatoms. The molecule has 0 spiro atoms. The number of hydrogen-bond acceptors (Lipinski definition) is 5. The number of Topliss-reactive ketones (excluding diaryl/α,β-unsaturated/α-hetero) is 1. The van der Waals surface area contributed by atoms with Gasteiger partial charge in [-0.3, -0.25) is 9.59 Å². The number of ether oxygens (including phenoxy) is 1. The van der Waals surface area contributed by atoms with E-state index in [1.165, 1.54) is 16.7 Å². The van der Waals surface area contributed by atoms with Gasteiger partial charge in [0.1, 0.15) is 0 Å². The Morgan fingerprint density at radius 3 is 2.71 bits per heavy atom. The molecule has 2 heterocycles. The van der Waals surface area contributed by atoms with Crippen molar-refractivity contribution in [3.63, 3.8) is 0 Å². The molecule has 0 atom stereocenters. The molecule has 1 fully saturated rings. The number of ketones is 1. The number of carbonyl (C=O) groups excluding carboxylic acids is 2. The van der Waals surface area contributed by atoms with Gasteiger partial charge in [-0.1, -0.05) is 29.8 Å². The van der Waals surface area contributed by atoms with Gasteiger partial charge in [0.05, 0.1) is 17.9 Å². The minimum Gasteiger partial charge on any atom is -0.466 e. The van der Waals surface area contributed by atoms with Crippen LogP contribution < -0.4 is 0 Å². The van der Waals surface area contributed by atoms with Crippen molar-refractivity contribution in [3.8, 4) is 0 Å². The van der Waals surface area contributed by atoms with Crippen molar-refractivity contribution in [1.82, 2.24) is 4.90 Å². The molecule has 1 aromatic carbocycles. The van der Waals surface area contributed by atoms with Gasteiger partial charge in [0.15, 0.2) is 5.78 Å². The van der Waals surface area contributed by atoms with Crippen molar-refractivity contribution < 1.29 is 14.3 Å². The molecule has 0 unspecified atom stereocenters. The summed E-state index contributed by atoms with van der Waals surface area (Å²) in [4.78, 5) is 27.6. The van der Waals surface area contributed by atoms with Crippen LogP contribution in [-0.4, -0.2) is 42.9 Å². The first-order valence-electron chi connectivity index (χ1n) is 9.96. The summed E-state index contributed by atoms with van der Waals surface area (Å²) in [6.07, 6.45) is 2.86. The summed E-state index contributed by atoms with van der Waals surface area (Å²) in [5.41, 5.74) is 6.14. The van der Waals surface area contributed by atoms with E-state index in [0.717, 1.165) is 48.5 Å². The lowest BCUT2D eigenvalue weighted by molar-refractivity contribution is -0.143. The van der Waals surface area contributed by atoms with Gasteiger partial charge in [-0.2, -0.15) is 0 Å². The van der Waals surface area contributed by atoms with Crippen LogP contribution in [0.2, 0.25) is 0 Å². The van der Waals surface area contributed by atoms with Gasteiger partial charge >= 0.3 is 5.97 Å². The second kappa shape index (κ2) is 8.41. The minimum atomic E-state index is -0.120. The lowest BCUT2D eigenvalue weighted by atomic mass is 9.87. The lowest BCUT2D eigenvalue weighted by Crippen LogP contribution is -2.33. The number of rotatable bonds is 4. The topological polar surface area (TPSA) is 46.6 Å². The summed E-state index contributed by atoms with van der Waals surface area (Å²) < 4.78 is 5.04. The Morgan fingerprint density at radius 2 is 1.93 bits per heavy atom. The van der Waals surface area contributed by atoms with E-state index in [-0.39, 0.29) is 11.8 Å². The summed E-state index contributed by atoms with van der Waals surface area (Å²) in [6.45, 7) is 4.91. The third-order valence-corrected chi connectivity index (χ3v) is 6.53. The van der Waals surface area contributed by atoms with E-state index in [1.54, 1.807) is 11.3 Å². The van der Waals surface area contributed by atoms with Crippen molar-refractivity contribution in [3.05, 3.63) is 62.9 Å². The van der Waals surface area contributed by atoms with E-state index in [2.05, 4.69) is 29.2 Å². The number of esters is 1. The quantitative estimate of drug-likeness (QED) is 0.723. The van der Waals surface area contributed by atoms with Crippen LogP contribution in [0.25, 0.3) is 5.57 Å². The second-order valence-corrected chi connectivity index (χ2v) is 8.21. The molecule has 1 saturated heterocycles. The highest BCUT2D eigenvalue weighted by Gasteiger charge is 2.27. The van der Waals surface area contributed by atoms with Gasteiger partial charge in [0, 0.05) is 31.6 Å². The molecular weight excluding hydrogens is 370 g/mol. The van der Waals surface area contributed by atoms with E-state index >= 15 is 0 Å². The summed E-state index contributed by atoms with van der Waals surface area (Å²) in [5.74, 6) is 0.102. The van der Waals surface area contributed by atoms with Crippen molar-refractivity contribution in [2.24, 2.45) is 0 Å². The molecule has 4 nitrogen and oxygen atoms in total. The molecule has 1 aliphatic carbocycles. The third-order valence-electron chi connectivity index (χ3n) is 5.58. The predicted octanol–water partition coefficient (Wildman–Crippen LogP) is 4.34. The van der Waals surface area contributed by atoms with Crippen LogP contribution in [0.1, 0.15) is 52.5 Å². The first-order chi connectivity index (χ1) is 13.7. The van der Waals surface area contributed by atoms with E-state index in [4.69, 9.17) is 4.74 Å². The zero-order valence-corrected chi connectivity index (χ0v) is 17.0. The molecule has 1 aliphatic heterocycles. The van der Waals surface area contributed by atoms with Crippen LogP contribution in [0, 0.1) is 0 Å². The average Bonchev–Trinajstić information content (AvgIpc) is 3.14. The van der Waals surface area contributed by atoms with Gasteiger partial charge in [0.25, 0.3) is 0 Å². The number of thiophene rings is 1. The van der Waals surface area contributed by atoms with Crippen LogP contribution >= 0.6 is 11.3 Å². The van der Waals surface area contributed by atoms with Gasteiger partial charge in [-0.15, -0.1) is 11.3 Å². The monoisotopic (exact) mass is 395 g/mol. The zero-order chi connectivity index (χ0) is 19.5. The Kier molecular flexibility index (Phi) is 5.74. The Labute approximate surface area is 169 Å². The standard InChI is InChI=1S/C23H25NO3S/c1-2-27-21(26)9-13-24-11-7-16(8-12-24)22-18-6-4-3-5-17(18)15-20(25)23-19(22)10-14-28-23/h3-6,10,14H,2,7-9,11-13,15H2,1H3.